The first-order chi connectivity index (χ1) is 4.93. The fourth-order valence-corrected chi connectivity index (χ4v) is 1.08. The van der Waals surface area contributed by atoms with Gasteiger partial charge in [-0.1, -0.05) is 0 Å². The summed E-state index contributed by atoms with van der Waals surface area (Å²) in [7, 11) is 0. The summed E-state index contributed by atoms with van der Waals surface area (Å²) in [6.07, 6.45) is -0.00583. The Morgan fingerprint density at radius 1 is 1.55 bits per heavy atom. The summed E-state index contributed by atoms with van der Waals surface area (Å²) >= 11 is 0. The van der Waals surface area contributed by atoms with Gasteiger partial charge < -0.3 is 9.84 Å². The number of ether oxygens (including phenoxy) is 1. The van der Waals surface area contributed by atoms with E-state index in [1.807, 2.05) is 13.8 Å². The highest BCUT2D eigenvalue weighted by Crippen LogP contribution is 2.21. The van der Waals surface area contributed by atoms with Crippen molar-refractivity contribution < 1.29 is 9.84 Å². The molecule has 3 atom stereocenters. The van der Waals surface area contributed by atoms with E-state index in [0.29, 0.717) is 5.71 Å². The minimum Gasteiger partial charge on any atom is -0.361 e. The smallest absolute Gasteiger partial charge is 0.202 e. The second-order valence-corrected chi connectivity index (χ2v) is 3.26. The van der Waals surface area contributed by atoms with Gasteiger partial charge in [0.15, 0.2) is 0 Å². The van der Waals surface area contributed by atoms with Crippen LogP contribution >= 0.6 is 0 Å². The zero-order valence-corrected chi connectivity index (χ0v) is 7.46. The summed E-state index contributed by atoms with van der Waals surface area (Å²) in [6.45, 7) is 7.29. The summed E-state index contributed by atoms with van der Waals surface area (Å²) < 4.78 is 5.32. The lowest BCUT2D eigenvalue weighted by Gasteiger charge is -2.34. The molecule has 1 rings (SSSR count). The lowest BCUT2D eigenvalue weighted by Crippen LogP contribution is -2.46. The average Bonchev–Trinajstić information content (AvgIpc) is 1.83. The number of aliphatic imine (C=N–C) groups is 1. The molecule has 0 aromatic carbocycles. The van der Waals surface area contributed by atoms with Crippen molar-refractivity contribution in [1.29, 1.82) is 0 Å². The van der Waals surface area contributed by atoms with Crippen LogP contribution in [-0.2, 0) is 4.74 Å². The van der Waals surface area contributed by atoms with Gasteiger partial charge in [0, 0.05) is 0 Å². The van der Waals surface area contributed by atoms with Crippen molar-refractivity contribution in [3.63, 3.8) is 0 Å². The molecular weight excluding hydrogens is 142 g/mol. The van der Waals surface area contributed by atoms with E-state index in [-0.39, 0.29) is 12.1 Å². The Morgan fingerprint density at radius 3 is 2.55 bits per heavy atom. The number of aliphatic hydroxyl groups is 1. The van der Waals surface area contributed by atoms with Crippen LogP contribution in [0.25, 0.3) is 0 Å². The van der Waals surface area contributed by atoms with Crippen molar-refractivity contribution in [1.82, 2.24) is 0 Å². The van der Waals surface area contributed by atoms with Crippen LogP contribution in [0.3, 0.4) is 0 Å². The van der Waals surface area contributed by atoms with Crippen molar-refractivity contribution in [2.24, 2.45) is 4.99 Å². The third-order valence-corrected chi connectivity index (χ3v) is 2.16. The van der Waals surface area contributed by atoms with E-state index in [4.69, 9.17) is 4.74 Å². The highest BCUT2D eigenvalue weighted by molar-refractivity contribution is 5.89. The Hall–Kier alpha value is -0.410. The minimum absolute atomic E-state index is 0.00583. The molecule has 0 bridgehead atoms. The average molecular weight is 157 g/mol. The normalized spacial score (nSPS) is 45.4. The third-order valence-electron chi connectivity index (χ3n) is 2.16. The SMILES string of the molecule is CC1=N[C@@H](C)[C@@H](C)OC1(C)O. The van der Waals surface area contributed by atoms with Gasteiger partial charge in [-0.25, -0.2) is 0 Å². The van der Waals surface area contributed by atoms with Gasteiger partial charge in [-0.05, 0) is 27.7 Å². The zero-order chi connectivity index (χ0) is 8.65. The van der Waals surface area contributed by atoms with Crippen LogP contribution in [-0.4, -0.2) is 28.8 Å². The van der Waals surface area contributed by atoms with Crippen LogP contribution < -0.4 is 0 Å². The molecule has 1 heterocycles. The molecule has 64 valence electrons. The summed E-state index contributed by atoms with van der Waals surface area (Å²) in [5, 5.41) is 9.58. The van der Waals surface area contributed by atoms with Crippen LogP contribution in [0, 0.1) is 0 Å². The van der Waals surface area contributed by atoms with Crippen LogP contribution in [0.15, 0.2) is 4.99 Å². The van der Waals surface area contributed by atoms with E-state index in [9.17, 15) is 5.11 Å². The molecule has 0 amide bonds. The summed E-state index contributed by atoms with van der Waals surface area (Å²) in [6, 6.07) is 0.148. The Kier molecular flexibility index (Phi) is 2.03. The molecule has 3 heteroatoms. The molecule has 1 unspecified atom stereocenters. The van der Waals surface area contributed by atoms with Crippen LogP contribution in [0.1, 0.15) is 27.7 Å². The van der Waals surface area contributed by atoms with Crippen LogP contribution in [0.5, 0.6) is 0 Å². The molecule has 0 aromatic heterocycles. The monoisotopic (exact) mass is 157 g/mol. The first-order valence-electron chi connectivity index (χ1n) is 3.88. The first-order valence-corrected chi connectivity index (χ1v) is 3.88. The zero-order valence-electron chi connectivity index (χ0n) is 7.46. The van der Waals surface area contributed by atoms with E-state index in [1.165, 1.54) is 0 Å². The maximum Gasteiger partial charge on any atom is 0.202 e. The van der Waals surface area contributed by atoms with Gasteiger partial charge in [0.1, 0.15) is 0 Å². The lowest BCUT2D eigenvalue weighted by molar-refractivity contribution is -0.176. The highest BCUT2D eigenvalue weighted by atomic mass is 16.6. The molecule has 0 spiro atoms. The van der Waals surface area contributed by atoms with Gasteiger partial charge >= 0.3 is 0 Å². The van der Waals surface area contributed by atoms with Crippen molar-refractivity contribution in [3.05, 3.63) is 0 Å². The van der Waals surface area contributed by atoms with Crippen molar-refractivity contribution >= 4 is 5.71 Å². The Labute approximate surface area is 67.1 Å². The quantitative estimate of drug-likeness (QED) is 0.569. The maximum atomic E-state index is 9.58. The Balaban J connectivity index is 2.86. The topological polar surface area (TPSA) is 41.8 Å². The minimum atomic E-state index is -1.16. The first kappa shape index (κ1) is 8.68. The summed E-state index contributed by atoms with van der Waals surface area (Å²) in [5.41, 5.74) is 0.656. The van der Waals surface area contributed by atoms with E-state index in [1.54, 1.807) is 13.8 Å². The number of hydrogen-bond acceptors (Lipinski definition) is 3. The molecule has 11 heavy (non-hydrogen) atoms. The molecule has 1 N–H and O–H groups in total. The van der Waals surface area contributed by atoms with E-state index < -0.39 is 5.79 Å². The molecule has 0 aliphatic carbocycles. The van der Waals surface area contributed by atoms with E-state index >= 15 is 0 Å². The standard InChI is InChI=1S/C8H15NO2/c1-5-6(2)11-8(4,10)7(3)9-5/h5-6,10H,1-4H3/t5-,6+,8?/m0/s1. The predicted octanol–water partition coefficient (Wildman–Crippen LogP) is 0.963. The molecular formula is C8H15NO2. The summed E-state index contributed by atoms with van der Waals surface area (Å²) in [5.74, 6) is -1.16. The highest BCUT2D eigenvalue weighted by Gasteiger charge is 2.34. The second kappa shape index (κ2) is 2.57. The largest absolute Gasteiger partial charge is 0.361 e. The van der Waals surface area contributed by atoms with Crippen molar-refractivity contribution in [2.75, 3.05) is 0 Å². The molecule has 3 nitrogen and oxygen atoms in total. The number of hydrogen-bond donors (Lipinski definition) is 1. The molecule has 0 fully saturated rings. The van der Waals surface area contributed by atoms with Crippen LogP contribution in [0.2, 0.25) is 0 Å². The number of rotatable bonds is 0. The van der Waals surface area contributed by atoms with Gasteiger partial charge in [-0.3, -0.25) is 4.99 Å². The van der Waals surface area contributed by atoms with Gasteiger partial charge in [0.25, 0.3) is 0 Å². The van der Waals surface area contributed by atoms with Gasteiger partial charge in [0.2, 0.25) is 5.79 Å². The fourth-order valence-electron chi connectivity index (χ4n) is 1.08. The molecule has 0 radical (unpaired) electrons. The molecule has 1 aliphatic rings. The van der Waals surface area contributed by atoms with E-state index in [2.05, 4.69) is 4.99 Å². The van der Waals surface area contributed by atoms with Gasteiger partial charge in [-0.2, -0.15) is 0 Å². The fraction of sp³-hybridized carbons (Fsp3) is 0.875. The van der Waals surface area contributed by atoms with E-state index in [0.717, 1.165) is 0 Å². The second-order valence-electron chi connectivity index (χ2n) is 3.26. The molecule has 0 aromatic rings. The molecule has 0 saturated carbocycles. The molecule has 1 aliphatic heterocycles. The molecule has 0 saturated heterocycles. The van der Waals surface area contributed by atoms with Crippen molar-refractivity contribution in [2.45, 2.75) is 45.6 Å². The lowest BCUT2D eigenvalue weighted by atomic mass is 10.1. The maximum absolute atomic E-state index is 9.58. The van der Waals surface area contributed by atoms with Crippen molar-refractivity contribution in [3.8, 4) is 0 Å². The Bertz CT molecular complexity index is 187. The van der Waals surface area contributed by atoms with Gasteiger partial charge in [-0.15, -0.1) is 0 Å². The van der Waals surface area contributed by atoms with Gasteiger partial charge in [0.05, 0.1) is 17.9 Å². The summed E-state index contributed by atoms with van der Waals surface area (Å²) in [4.78, 5) is 4.26. The third kappa shape index (κ3) is 1.60. The number of nitrogens with zero attached hydrogens (tertiary/aromatic N) is 1. The predicted molar refractivity (Wildman–Crippen MR) is 43.7 cm³/mol. The Morgan fingerprint density at radius 2 is 2.09 bits per heavy atom. The van der Waals surface area contributed by atoms with Crippen LogP contribution in [0.4, 0.5) is 0 Å².